The van der Waals surface area contributed by atoms with Crippen molar-refractivity contribution in [3.63, 3.8) is 0 Å². The molecule has 0 radical (unpaired) electrons. The predicted molar refractivity (Wildman–Crippen MR) is 65.9 cm³/mol. The Labute approximate surface area is 97.1 Å². The number of benzene rings is 1. The van der Waals surface area contributed by atoms with Crippen LogP contribution in [0.5, 0.6) is 0 Å². The van der Waals surface area contributed by atoms with Gasteiger partial charge < -0.3 is 4.74 Å². The van der Waals surface area contributed by atoms with Crippen LogP contribution in [0.2, 0.25) is 0 Å². The van der Waals surface area contributed by atoms with Crippen LogP contribution in [0.1, 0.15) is 37.7 Å². The van der Waals surface area contributed by atoms with Gasteiger partial charge in [-0.1, -0.05) is 36.8 Å². The van der Waals surface area contributed by atoms with E-state index < -0.39 is 0 Å². The van der Waals surface area contributed by atoms with E-state index in [1.807, 2.05) is 0 Å². The van der Waals surface area contributed by atoms with E-state index in [-0.39, 0.29) is 0 Å². The van der Waals surface area contributed by atoms with Gasteiger partial charge in [-0.25, -0.2) is 0 Å². The molecule has 0 bridgehead atoms. The average molecular weight is 214 g/mol. The summed E-state index contributed by atoms with van der Waals surface area (Å²) in [5.74, 6) is 1.99. The normalized spacial score (nSPS) is 31.1. The molecule has 1 nitrogen and oxygen atoms in total. The molecule has 0 unspecified atom stereocenters. The molecule has 2 fully saturated rings. The zero-order valence-corrected chi connectivity index (χ0v) is 9.56. The predicted octanol–water partition coefficient (Wildman–Crippen LogP) is 4.01. The third-order valence-electron chi connectivity index (χ3n) is 3.73. The first-order chi connectivity index (χ1) is 7.92. The van der Waals surface area contributed by atoms with Crippen molar-refractivity contribution in [1.29, 1.82) is 0 Å². The van der Waals surface area contributed by atoms with Crippen LogP contribution in [0.15, 0.2) is 36.1 Å². The van der Waals surface area contributed by atoms with E-state index in [1.54, 1.807) is 0 Å². The van der Waals surface area contributed by atoms with Gasteiger partial charge in [0.2, 0.25) is 0 Å². The van der Waals surface area contributed by atoms with Crippen LogP contribution < -0.4 is 0 Å². The van der Waals surface area contributed by atoms with E-state index in [2.05, 4.69) is 36.4 Å². The standard InChI is InChI=1S/C15H18O/c1-2-6-12(7-3-1)10-14-11-13-8-4-5-9-15(13)16-14/h1-3,6-7,10,13,15H,4-5,8-9,11H2/b14-10+/t13-,15-/m0/s1. The molecule has 2 atom stereocenters. The summed E-state index contributed by atoms with van der Waals surface area (Å²) in [4.78, 5) is 0. The van der Waals surface area contributed by atoms with Crippen LogP contribution in [-0.4, -0.2) is 6.10 Å². The summed E-state index contributed by atoms with van der Waals surface area (Å²) in [7, 11) is 0. The lowest BCUT2D eigenvalue weighted by atomic mass is 9.86. The molecule has 1 aromatic carbocycles. The molecule has 84 valence electrons. The number of ether oxygens (including phenoxy) is 1. The van der Waals surface area contributed by atoms with Crippen LogP contribution in [0.25, 0.3) is 6.08 Å². The molecular weight excluding hydrogens is 196 g/mol. The Hall–Kier alpha value is -1.24. The fraction of sp³-hybridized carbons (Fsp3) is 0.467. The summed E-state index contributed by atoms with van der Waals surface area (Å²) in [6.45, 7) is 0. The minimum absolute atomic E-state index is 0.517. The number of rotatable bonds is 1. The smallest absolute Gasteiger partial charge is 0.101 e. The van der Waals surface area contributed by atoms with Gasteiger partial charge in [-0.15, -0.1) is 0 Å². The van der Waals surface area contributed by atoms with Gasteiger partial charge in [0, 0.05) is 12.3 Å². The van der Waals surface area contributed by atoms with Crippen molar-refractivity contribution >= 4 is 6.08 Å². The fourth-order valence-corrected chi connectivity index (χ4v) is 2.89. The van der Waals surface area contributed by atoms with Crippen molar-refractivity contribution in [1.82, 2.24) is 0 Å². The second-order valence-electron chi connectivity index (χ2n) is 4.93. The van der Waals surface area contributed by atoms with E-state index in [4.69, 9.17) is 4.74 Å². The van der Waals surface area contributed by atoms with Crippen LogP contribution in [0.3, 0.4) is 0 Å². The quantitative estimate of drug-likeness (QED) is 0.686. The molecule has 16 heavy (non-hydrogen) atoms. The Kier molecular flexibility index (Phi) is 2.69. The van der Waals surface area contributed by atoms with Crippen molar-refractivity contribution in [2.45, 2.75) is 38.2 Å². The summed E-state index contributed by atoms with van der Waals surface area (Å²) < 4.78 is 6.03. The minimum atomic E-state index is 0.517. The Balaban J connectivity index is 1.75. The Morgan fingerprint density at radius 3 is 2.69 bits per heavy atom. The van der Waals surface area contributed by atoms with E-state index in [0.717, 1.165) is 12.3 Å². The molecule has 1 saturated heterocycles. The van der Waals surface area contributed by atoms with Crippen molar-refractivity contribution in [3.8, 4) is 0 Å². The SMILES string of the molecule is C(=C1/C[C@@H]2CCCC[C@@H]2O1)/c1ccccc1. The molecule has 0 amide bonds. The van der Waals surface area contributed by atoms with Crippen molar-refractivity contribution in [2.75, 3.05) is 0 Å². The van der Waals surface area contributed by atoms with Gasteiger partial charge >= 0.3 is 0 Å². The molecule has 1 heterocycles. The van der Waals surface area contributed by atoms with E-state index >= 15 is 0 Å². The number of hydrogen-bond donors (Lipinski definition) is 0. The zero-order valence-electron chi connectivity index (χ0n) is 9.56. The molecule has 1 saturated carbocycles. The van der Waals surface area contributed by atoms with Gasteiger partial charge in [-0.3, -0.25) is 0 Å². The maximum atomic E-state index is 6.03. The molecule has 1 aliphatic carbocycles. The van der Waals surface area contributed by atoms with Crippen LogP contribution >= 0.6 is 0 Å². The minimum Gasteiger partial charge on any atom is -0.494 e. The first-order valence-corrected chi connectivity index (χ1v) is 6.34. The van der Waals surface area contributed by atoms with Gasteiger partial charge in [0.1, 0.15) is 6.10 Å². The molecule has 0 N–H and O–H groups in total. The molecule has 2 aliphatic rings. The zero-order chi connectivity index (χ0) is 10.8. The first kappa shape index (κ1) is 9.95. The van der Waals surface area contributed by atoms with E-state index in [9.17, 15) is 0 Å². The molecule has 0 aromatic heterocycles. The molecule has 3 rings (SSSR count). The lowest BCUT2D eigenvalue weighted by molar-refractivity contribution is 0.0991. The first-order valence-electron chi connectivity index (χ1n) is 6.34. The Morgan fingerprint density at radius 2 is 1.88 bits per heavy atom. The number of fused-ring (bicyclic) bond motifs is 1. The lowest BCUT2D eigenvalue weighted by Gasteiger charge is -2.22. The summed E-state index contributed by atoms with van der Waals surface area (Å²) in [5, 5.41) is 0. The van der Waals surface area contributed by atoms with Crippen LogP contribution in [0.4, 0.5) is 0 Å². The maximum Gasteiger partial charge on any atom is 0.101 e. The second-order valence-corrected chi connectivity index (χ2v) is 4.93. The second kappa shape index (κ2) is 4.32. The van der Waals surface area contributed by atoms with Gasteiger partial charge in [0.05, 0.1) is 5.76 Å². The highest BCUT2D eigenvalue weighted by atomic mass is 16.5. The summed E-state index contributed by atoms with van der Waals surface area (Å²) in [6, 6.07) is 10.5. The van der Waals surface area contributed by atoms with Gasteiger partial charge in [-0.2, -0.15) is 0 Å². The highest BCUT2D eigenvalue weighted by molar-refractivity contribution is 5.51. The lowest BCUT2D eigenvalue weighted by Crippen LogP contribution is -2.19. The van der Waals surface area contributed by atoms with Crippen molar-refractivity contribution in [3.05, 3.63) is 41.7 Å². The highest BCUT2D eigenvalue weighted by Gasteiger charge is 2.33. The third-order valence-corrected chi connectivity index (χ3v) is 3.73. The molecule has 1 aromatic rings. The van der Waals surface area contributed by atoms with Crippen molar-refractivity contribution < 1.29 is 4.74 Å². The van der Waals surface area contributed by atoms with Gasteiger partial charge in [-0.05, 0) is 30.9 Å². The Morgan fingerprint density at radius 1 is 1.06 bits per heavy atom. The molecule has 1 heteroatoms. The van der Waals surface area contributed by atoms with Crippen LogP contribution in [-0.2, 0) is 4.74 Å². The van der Waals surface area contributed by atoms with Gasteiger partial charge in [0.25, 0.3) is 0 Å². The van der Waals surface area contributed by atoms with E-state index in [0.29, 0.717) is 6.10 Å². The van der Waals surface area contributed by atoms with Gasteiger partial charge in [0.15, 0.2) is 0 Å². The topological polar surface area (TPSA) is 9.23 Å². The highest BCUT2D eigenvalue weighted by Crippen LogP contribution is 2.39. The average Bonchev–Trinajstić information content (AvgIpc) is 2.72. The largest absolute Gasteiger partial charge is 0.494 e. The maximum absolute atomic E-state index is 6.03. The number of allylic oxidation sites excluding steroid dienone is 1. The fourth-order valence-electron chi connectivity index (χ4n) is 2.89. The number of hydrogen-bond acceptors (Lipinski definition) is 1. The molecule has 0 spiro atoms. The molecular formula is C15H18O. The van der Waals surface area contributed by atoms with E-state index in [1.165, 1.54) is 37.0 Å². The summed E-state index contributed by atoms with van der Waals surface area (Å²) in [5.41, 5.74) is 1.26. The third kappa shape index (κ3) is 1.99. The summed E-state index contributed by atoms with van der Waals surface area (Å²) >= 11 is 0. The van der Waals surface area contributed by atoms with Crippen LogP contribution in [0, 0.1) is 5.92 Å². The monoisotopic (exact) mass is 214 g/mol. The van der Waals surface area contributed by atoms with Crippen molar-refractivity contribution in [2.24, 2.45) is 5.92 Å². The Bertz CT molecular complexity index is 364. The molecule has 1 aliphatic heterocycles. The summed E-state index contributed by atoms with van der Waals surface area (Å²) in [6.07, 6.45) is 9.23.